The van der Waals surface area contributed by atoms with E-state index in [9.17, 15) is 0 Å². The van der Waals surface area contributed by atoms with E-state index in [2.05, 4.69) is 213 Å². The third-order valence-electron chi connectivity index (χ3n) is 12.5. The second kappa shape index (κ2) is 16.4. The fraction of sp³-hybridized carbons (Fsp3) is 0.0339. The molecule has 0 radical (unpaired) electrons. The summed E-state index contributed by atoms with van der Waals surface area (Å²) in [4.78, 5) is 15.7. The molecule has 9 aromatic carbocycles. The van der Waals surface area contributed by atoms with E-state index >= 15 is 0 Å². The molecule has 0 unspecified atom stereocenters. The van der Waals surface area contributed by atoms with Crippen LogP contribution in [-0.4, -0.2) is 27.6 Å². The Hall–Kier alpha value is -7.99. The van der Waals surface area contributed by atoms with Gasteiger partial charge in [0.05, 0.1) is 16.7 Å². The van der Waals surface area contributed by atoms with Crippen LogP contribution in [0.2, 0.25) is 0 Å². The quantitative estimate of drug-likeness (QED) is 0.107. The number of benzene rings is 9. The maximum atomic E-state index is 5.31. The summed E-state index contributed by atoms with van der Waals surface area (Å²) < 4.78 is 2.44. The highest BCUT2D eigenvalue weighted by Crippen LogP contribution is 2.41. The fourth-order valence-corrected chi connectivity index (χ4v) is 14.4. The topological polar surface area (TPSA) is 43.6 Å². The monoisotopic (exact) mass is 836 g/mol. The molecule has 0 atom stereocenters. The van der Waals surface area contributed by atoms with Gasteiger partial charge in [0, 0.05) is 33.0 Å². The summed E-state index contributed by atoms with van der Waals surface area (Å²) in [7, 11) is -2.78. The molecule has 0 saturated heterocycles. The molecule has 0 aliphatic carbocycles. The van der Waals surface area contributed by atoms with Crippen LogP contribution in [0.4, 0.5) is 0 Å². The summed E-state index contributed by atoms with van der Waals surface area (Å²) in [5.74, 6) is 1.87. The lowest BCUT2D eigenvalue weighted by Gasteiger charge is -2.34. The van der Waals surface area contributed by atoms with E-state index in [0.717, 1.165) is 44.5 Å². The van der Waals surface area contributed by atoms with Crippen molar-refractivity contribution in [3.8, 4) is 51.0 Å². The molecule has 304 valence electrons. The minimum Gasteiger partial charge on any atom is -0.309 e. The zero-order chi connectivity index (χ0) is 43.0. The molecule has 0 bridgehead atoms. The average molecular weight is 837 g/mol. The van der Waals surface area contributed by atoms with Gasteiger partial charge in [0.2, 0.25) is 0 Å². The molecule has 0 spiro atoms. The number of aromatic nitrogens is 4. The number of hydrogen-bond acceptors (Lipinski definition) is 3. The van der Waals surface area contributed by atoms with E-state index in [4.69, 9.17) is 15.0 Å². The highest BCUT2D eigenvalue weighted by atomic mass is 28.3. The Kier molecular flexibility index (Phi) is 9.95. The van der Waals surface area contributed by atoms with Crippen LogP contribution in [0.15, 0.2) is 231 Å². The number of rotatable bonds is 9. The summed E-state index contributed by atoms with van der Waals surface area (Å²) in [5.41, 5.74) is 10.7. The molecule has 0 amide bonds. The lowest BCUT2D eigenvalue weighted by molar-refractivity contribution is 1.07. The number of hydrogen-bond donors (Lipinski definition) is 0. The Morgan fingerprint density at radius 1 is 0.344 bits per heavy atom. The van der Waals surface area contributed by atoms with Crippen molar-refractivity contribution in [3.05, 3.63) is 242 Å². The highest BCUT2D eigenvalue weighted by molar-refractivity contribution is 7.19. The van der Waals surface area contributed by atoms with Gasteiger partial charge < -0.3 is 4.57 Å². The maximum absolute atomic E-state index is 5.31. The minimum atomic E-state index is -2.78. The van der Waals surface area contributed by atoms with Crippen LogP contribution >= 0.6 is 0 Å². The Morgan fingerprint density at radius 2 is 0.750 bits per heavy atom. The van der Waals surface area contributed by atoms with E-state index in [0.29, 0.717) is 17.5 Å². The normalized spacial score (nSPS) is 11.6. The first-order chi connectivity index (χ1) is 31.6. The maximum Gasteiger partial charge on any atom is 0.179 e. The predicted molar refractivity (Wildman–Crippen MR) is 269 cm³/mol. The molecular formula is C59H44N4Si. The minimum absolute atomic E-state index is 0.614. The Morgan fingerprint density at radius 3 is 1.20 bits per heavy atom. The zero-order valence-corrected chi connectivity index (χ0v) is 36.7. The van der Waals surface area contributed by atoms with Crippen molar-refractivity contribution in [1.82, 2.24) is 19.5 Å². The smallest absolute Gasteiger partial charge is 0.179 e. The predicted octanol–water partition coefficient (Wildman–Crippen LogP) is 11.6. The van der Waals surface area contributed by atoms with Gasteiger partial charge in [-0.3, -0.25) is 0 Å². The third kappa shape index (κ3) is 6.74. The average Bonchev–Trinajstić information content (AvgIpc) is 3.67. The van der Waals surface area contributed by atoms with Crippen LogP contribution in [0.3, 0.4) is 0 Å². The molecule has 64 heavy (non-hydrogen) atoms. The Labute approximate surface area is 374 Å². The van der Waals surface area contributed by atoms with Crippen LogP contribution < -0.4 is 20.7 Å². The van der Waals surface area contributed by atoms with Crippen LogP contribution in [0.25, 0.3) is 72.8 Å². The first kappa shape index (κ1) is 38.9. The molecule has 4 nitrogen and oxygen atoms in total. The van der Waals surface area contributed by atoms with Crippen molar-refractivity contribution in [2.45, 2.75) is 13.8 Å². The summed E-state index contributed by atoms with van der Waals surface area (Å²) >= 11 is 0. The van der Waals surface area contributed by atoms with Gasteiger partial charge in [-0.05, 0) is 70.5 Å². The number of aryl methyl sites for hydroxylation is 2. The van der Waals surface area contributed by atoms with Gasteiger partial charge >= 0.3 is 0 Å². The molecule has 2 aromatic heterocycles. The SMILES string of the molecule is Cc1ccc2c(c1)c1cc(C)ccc1n2-c1cccc(-c2nc(-c3ccccc3)nc(-c3ccccc3)n2)c1-c1ccc([Si](c2ccccc2)(c2ccccc2)c2ccccc2)cc1. The van der Waals surface area contributed by atoms with Gasteiger partial charge in [-0.1, -0.05) is 211 Å². The molecule has 11 aromatic rings. The van der Waals surface area contributed by atoms with Crippen molar-refractivity contribution >= 4 is 50.6 Å². The van der Waals surface area contributed by atoms with Gasteiger partial charge in [-0.15, -0.1) is 0 Å². The van der Waals surface area contributed by atoms with Gasteiger partial charge in [-0.2, -0.15) is 0 Å². The van der Waals surface area contributed by atoms with Gasteiger partial charge in [0.15, 0.2) is 25.5 Å². The third-order valence-corrected chi connectivity index (χ3v) is 17.3. The molecule has 11 rings (SSSR count). The molecular weight excluding hydrogens is 793 g/mol. The van der Waals surface area contributed by atoms with E-state index < -0.39 is 8.07 Å². The van der Waals surface area contributed by atoms with Crippen molar-refractivity contribution in [2.24, 2.45) is 0 Å². The molecule has 0 aliphatic heterocycles. The summed E-state index contributed by atoms with van der Waals surface area (Å²) in [5, 5.41) is 7.78. The summed E-state index contributed by atoms with van der Waals surface area (Å²) in [6, 6.07) is 83.3. The van der Waals surface area contributed by atoms with Crippen molar-refractivity contribution in [2.75, 3.05) is 0 Å². The molecule has 0 aliphatic rings. The van der Waals surface area contributed by atoms with Crippen molar-refractivity contribution in [1.29, 1.82) is 0 Å². The number of fused-ring (bicyclic) bond motifs is 3. The van der Waals surface area contributed by atoms with Crippen LogP contribution in [-0.2, 0) is 0 Å². The molecule has 0 saturated carbocycles. The Bertz CT molecular complexity index is 3210. The van der Waals surface area contributed by atoms with Crippen molar-refractivity contribution in [3.63, 3.8) is 0 Å². The lowest BCUT2D eigenvalue weighted by Crippen LogP contribution is -2.74. The summed E-state index contributed by atoms with van der Waals surface area (Å²) in [6.07, 6.45) is 0. The van der Waals surface area contributed by atoms with Crippen molar-refractivity contribution < 1.29 is 0 Å². The van der Waals surface area contributed by atoms with Gasteiger partial charge in [0.1, 0.15) is 0 Å². The molecule has 0 fully saturated rings. The standard InChI is InChI=1S/C59H44N4Si/c1-41-31-37-53-51(39-41)52-40-42(2)32-38-54(52)63(53)55-30-18-29-50(59-61-57(44-19-8-3-9-20-44)60-58(62-59)45-21-10-4-11-22-45)56(55)43-33-35-49(36-34-43)64(46-23-12-5-13-24-46,47-25-14-6-15-26-47)48-27-16-7-17-28-48/h3-40H,1-2H3. The van der Waals surface area contributed by atoms with Crippen LogP contribution in [0.1, 0.15) is 11.1 Å². The molecule has 2 heterocycles. The highest BCUT2D eigenvalue weighted by Gasteiger charge is 2.41. The van der Waals surface area contributed by atoms with E-state index in [1.165, 1.54) is 42.6 Å². The fourth-order valence-electron chi connectivity index (χ4n) is 9.61. The zero-order valence-electron chi connectivity index (χ0n) is 35.7. The lowest BCUT2D eigenvalue weighted by atomic mass is 9.96. The second-order valence-corrected chi connectivity index (χ2v) is 20.3. The Balaban J connectivity index is 1.21. The first-order valence-electron chi connectivity index (χ1n) is 21.9. The first-order valence-corrected chi connectivity index (χ1v) is 23.9. The van der Waals surface area contributed by atoms with Gasteiger partial charge in [0.25, 0.3) is 0 Å². The van der Waals surface area contributed by atoms with E-state index in [-0.39, 0.29) is 0 Å². The molecule has 0 N–H and O–H groups in total. The van der Waals surface area contributed by atoms with Crippen LogP contribution in [0, 0.1) is 13.8 Å². The molecule has 5 heteroatoms. The van der Waals surface area contributed by atoms with E-state index in [1.807, 2.05) is 36.4 Å². The second-order valence-electron chi connectivity index (χ2n) is 16.5. The van der Waals surface area contributed by atoms with Crippen LogP contribution in [0.5, 0.6) is 0 Å². The van der Waals surface area contributed by atoms with Gasteiger partial charge in [-0.25, -0.2) is 15.0 Å². The van der Waals surface area contributed by atoms with E-state index in [1.54, 1.807) is 0 Å². The number of nitrogens with zero attached hydrogens (tertiary/aromatic N) is 4. The summed E-state index contributed by atoms with van der Waals surface area (Å²) in [6.45, 7) is 4.34. The largest absolute Gasteiger partial charge is 0.309 e.